The molecule has 0 atom stereocenters. The molecule has 1 fully saturated rings. The van der Waals surface area contributed by atoms with Crippen LogP contribution in [-0.4, -0.2) is 43.5 Å². The van der Waals surface area contributed by atoms with Gasteiger partial charge in [0.05, 0.1) is 22.9 Å². The number of terminal acetylenes is 1. The Morgan fingerprint density at radius 1 is 1.26 bits per heavy atom. The number of piperidine rings is 1. The van der Waals surface area contributed by atoms with Gasteiger partial charge in [-0.25, -0.2) is 19.7 Å². The maximum atomic E-state index is 12.4. The number of carbonyl (C=O) groups excluding carboxylic acids is 1. The number of carbonyl (C=O) groups is 1. The number of likely N-dealkylation sites (tertiary alicyclic amines) is 1. The van der Waals surface area contributed by atoms with E-state index in [-0.39, 0.29) is 11.8 Å². The van der Waals surface area contributed by atoms with Gasteiger partial charge in [-0.1, -0.05) is 35.0 Å². The Morgan fingerprint density at radius 2 is 2.06 bits per heavy atom. The van der Waals surface area contributed by atoms with Crippen molar-refractivity contribution in [3.05, 3.63) is 40.4 Å². The van der Waals surface area contributed by atoms with Gasteiger partial charge in [0.2, 0.25) is 5.82 Å². The molecule has 3 heterocycles. The number of nitrogens with one attached hydrogen (secondary N) is 1. The summed E-state index contributed by atoms with van der Waals surface area (Å²) in [5, 5.41) is 0.762. The lowest BCUT2D eigenvalue weighted by Crippen LogP contribution is -2.45. The molecule has 0 spiro atoms. The predicted molar refractivity (Wildman–Crippen MR) is 130 cm³/mol. The van der Waals surface area contributed by atoms with Crippen molar-refractivity contribution in [3.63, 3.8) is 0 Å². The molecule has 1 aromatic carbocycles. The van der Waals surface area contributed by atoms with Gasteiger partial charge < -0.3 is 20.0 Å². The number of hydrogen-bond acceptors (Lipinski definition) is 6. The summed E-state index contributed by atoms with van der Waals surface area (Å²) in [7, 11) is 0. The van der Waals surface area contributed by atoms with Crippen molar-refractivity contribution >= 4 is 46.2 Å². The summed E-state index contributed by atoms with van der Waals surface area (Å²) in [4.78, 5) is 32.2. The molecule has 0 saturated carbocycles. The average molecular weight is 498 g/mol. The molecule has 0 bridgehead atoms. The first kappa shape index (κ1) is 23.5. The van der Waals surface area contributed by atoms with E-state index < -0.39 is 0 Å². The maximum Gasteiger partial charge on any atom is 0.350 e. The molecule has 0 radical (unpaired) electrons. The fourth-order valence-corrected chi connectivity index (χ4v) is 3.85. The van der Waals surface area contributed by atoms with Gasteiger partial charge in [-0.15, -0.1) is 6.42 Å². The van der Waals surface area contributed by atoms with Gasteiger partial charge in [0.15, 0.2) is 17.2 Å². The van der Waals surface area contributed by atoms with Crippen LogP contribution in [0.4, 0.5) is 10.6 Å². The van der Waals surface area contributed by atoms with Crippen LogP contribution in [0, 0.1) is 30.1 Å². The van der Waals surface area contributed by atoms with Crippen LogP contribution in [0.25, 0.3) is 11.2 Å². The molecule has 2 aromatic heterocycles. The van der Waals surface area contributed by atoms with Gasteiger partial charge in [0.25, 0.3) is 0 Å². The number of amides is 2. The Morgan fingerprint density at radius 3 is 2.79 bits per heavy atom. The smallest absolute Gasteiger partial charge is 0.350 e. The number of nitrogen functional groups attached to an aromatic ring is 1. The highest BCUT2D eigenvalue weighted by molar-refractivity contribution is 6.42. The van der Waals surface area contributed by atoms with Gasteiger partial charge in [0.1, 0.15) is 5.52 Å². The number of hydrogen-bond donors (Lipinski definition) is 2. The first-order valence-corrected chi connectivity index (χ1v) is 11.3. The fourth-order valence-electron chi connectivity index (χ4n) is 3.56. The monoisotopic (exact) mass is 497 g/mol. The van der Waals surface area contributed by atoms with E-state index in [1.54, 1.807) is 27.9 Å². The Bertz CT molecular complexity index is 1310. The summed E-state index contributed by atoms with van der Waals surface area (Å²) in [6.07, 6.45) is 9.29. The van der Waals surface area contributed by atoms with E-state index in [1.807, 2.05) is 0 Å². The third-order valence-electron chi connectivity index (χ3n) is 5.39. The average Bonchev–Trinajstić information content (AvgIpc) is 3.23. The molecule has 11 heteroatoms. The minimum absolute atomic E-state index is 0.271. The van der Waals surface area contributed by atoms with Gasteiger partial charge >= 0.3 is 6.03 Å². The zero-order valence-corrected chi connectivity index (χ0v) is 19.6. The van der Waals surface area contributed by atoms with Crippen LogP contribution < -0.4 is 16.1 Å². The van der Waals surface area contributed by atoms with E-state index in [0.717, 1.165) is 12.8 Å². The second kappa shape index (κ2) is 10.5. The van der Waals surface area contributed by atoms with Crippen molar-refractivity contribution in [2.24, 2.45) is 5.92 Å². The van der Waals surface area contributed by atoms with Crippen LogP contribution in [0.15, 0.2) is 24.5 Å². The topological polar surface area (TPSA) is 111 Å². The molecular weight excluding hydrogens is 477 g/mol. The Labute approximate surface area is 206 Å². The Balaban J connectivity index is 1.28. The summed E-state index contributed by atoms with van der Waals surface area (Å²) in [6.45, 7) is 1.54. The second-order valence-electron chi connectivity index (χ2n) is 7.70. The molecule has 3 N–H and O–H groups in total. The van der Waals surface area contributed by atoms with Crippen molar-refractivity contribution in [1.82, 2.24) is 29.9 Å². The lowest BCUT2D eigenvalue weighted by molar-refractivity contribution is 0.127. The summed E-state index contributed by atoms with van der Waals surface area (Å²) in [5.41, 5.74) is 9.50. The molecule has 4 rings (SSSR count). The number of halogens is 2. The SMILES string of the molecule is C#CCn1cnc2c(N)nc(C#CCC3CCN(C(=O)NOc4ccc(Cl)c(Cl)c4)CC3)nc21. The summed E-state index contributed by atoms with van der Waals surface area (Å²) >= 11 is 11.8. The summed E-state index contributed by atoms with van der Waals surface area (Å²) in [6, 6.07) is 4.45. The maximum absolute atomic E-state index is 12.4. The minimum atomic E-state index is -0.309. The number of hydroxylamine groups is 1. The van der Waals surface area contributed by atoms with Crippen molar-refractivity contribution < 1.29 is 9.63 Å². The highest BCUT2D eigenvalue weighted by Crippen LogP contribution is 2.26. The molecule has 3 aromatic rings. The van der Waals surface area contributed by atoms with Gasteiger partial charge in [-0.3, -0.25) is 0 Å². The molecule has 34 heavy (non-hydrogen) atoms. The fraction of sp³-hybridized carbons (Fsp3) is 0.304. The standard InChI is InChI=1S/C23H21Cl2N7O2/c1-2-10-32-14-27-20-21(26)28-19(29-22(20)32)5-3-4-15-8-11-31(12-9-15)23(33)30-34-16-6-7-17(24)18(25)13-16/h1,6-7,13-15H,4,8-12H2,(H,30,33)(H2,26,28,29). The largest absolute Gasteiger partial charge is 0.382 e. The van der Waals surface area contributed by atoms with E-state index in [4.69, 9.17) is 40.2 Å². The molecule has 0 unspecified atom stereocenters. The number of benzene rings is 1. The molecule has 1 saturated heterocycles. The number of aromatic nitrogens is 4. The van der Waals surface area contributed by atoms with Gasteiger partial charge in [0, 0.05) is 25.6 Å². The first-order chi connectivity index (χ1) is 16.4. The molecule has 9 nitrogen and oxygen atoms in total. The highest BCUT2D eigenvalue weighted by Gasteiger charge is 2.22. The second-order valence-corrected chi connectivity index (χ2v) is 8.52. The highest BCUT2D eigenvalue weighted by atomic mass is 35.5. The number of nitrogens with zero attached hydrogens (tertiary/aromatic N) is 5. The minimum Gasteiger partial charge on any atom is -0.382 e. The quantitative estimate of drug-likeness (QED) is 0.421. The number of nitrogens with two attached hydrogens (primary N) is 1. The van der Waals surface area contributed by atoms with Crippen LogP contribution in [0.3, 0.4) is 0 Å². The number of rotatable bonds is 4. The van der Waals surface area contributed by atoms with Crippen LogP contribution in [-0.2, 0) is 6.54 Å². The number of anilines is 1. The Hall–Kier alpha value is -3.66. The van der Waals surface area contributed by atoms with E-state index in [0.29, 0.717) is 64.8 Å². The van der Waals surface area contributed by atoms with Crippen molar-refractivity contribution in [2.75, 3.05) is 18.8 Å². The molecule has 174 valence electrons. The molecule has 1 aliphatic heterocycles. The first-order valence-electron chi connectivity index (χ1n) is 10.5. The lowest BCUT2D eigenvalue weighted by Gasteiger charge is -2.30. The molecular formula is C23H21Cl2N7O2. The van der Waals surface area contributed by atoms with E-state index in [9.17, 15) is 4.79 Å². The summed E-state index contributed by atoms with van der Waals surface area (Å²) < 4.78 is 1.73. The van der Waals surface area contributed by atoms with Crippen LogP contribution in [0.1, 0.15) is 25.1 Å². The molecule has 1 aliphatic rings. The number of urea groups is 1. The van der Waals surface area contributed by atoms with Crippen LogP contribution in [0.5, 0.6) is 5.75 Å². The Kier molecular flexibility index (Phi) is 7.27. The van der Waals surface area contributed by atoms with Crippen molar-refractivity contribution in [2.45, 2.75) is 25.8 Å². The zero-order chi connectivity index (χ0) is 24.1. The van der Waals surface area contributed by atoms with Gasteiger partial charge in [-0.05, 0) is 36.8 Å². The van der Waals surface area contributed by atoms with Crippen molar-refractivity contribution in [1.29, 1.82) is 0 Å². The normalized spacial score (nSPS) is 13.7. The van der Waals surface area contributed by atoms with E-state index in [1.165, 1.54) is 6.07 Å². The van der Waals surface area contributed by atoms with Crippen molar-refractivity contribution in [3.8, 4) is 29.9 Å². The predicted octanol–water partition coefficient (Wildman–Crippen LogP) is 3.51. The zero-order valence-electron chi connectivity index (χ0n) is 18.1. The van der Waals surface area contributed by atoms with E-state index >= 15 is 0 Å². The number of imidazole rings is 1. The molecule has 2 amide bonds. The van der Waals surface area contributed by atoms with E-state index in [2.05, 4.69) is 38.2 Å². The third kappa shape index (κ3) is 5.45. The molecule has 0 aliphatic carbocycles. The van der Waals surface area contributed by atoms with Gasteiger partial charge in [-0.2, -0.15) is 5.48 Å². The third-order valence-corrected chi connectivity index (χ3v) is 6.13. The lowest BCUT2D eigenvalue weighted by atomic mass is 9.94. The van der Waals surface area contributed by atoms with Crippen LogP contribution in [0.2, 0.25) is 10.0 Å². The summed E-state index contributed by atoms with van der Waals surface area (Å²) in [5.74, 6) is 10.0. The van der Waals surface area contributed by atoms with Crippen LogP contribution >= 0.6 is 23.2 Å². The number of fused-ring (bicyclic) bond motifs is 1.